The van der Waals surface area contributed by atoms with Crippen LogP contribution in [-0.2, 0) is 42.9 Å². The Balaban J connectivity index is 2.69. The van der Waals surface area contributed by atoms with E-state index in [0.717, 1.165) is 109 Å². The molecule has 12 heteroatoms. The zero-order valence-corrected chi connectivity index (χ0v) is 47.5. The third-order valence-electron chi connectivity index (χ3n) is 13.6. The molecule has 12 nitrogen and oxygen atoms in total. The van der Waals surface area contributed by atoms with E-state index in [9.17, 15) is 34.5 Å². The lowest BCUT2D eigenvalue weighted by molar-refractivity contribution is -0.301. The summed E-state index contributed by atoms with van der Waals surface area (Å²) in [6.07, 6.45) is 50.5. The van der Waals surface area contributed by atoms with Gasteiger partial charge >= 0.3 is 23.9 Å². The van der Waals surface area contributed by atoms with Crippen molar-refractivity contribution >= 4 is 23.9 Å². The summed E-state index contributed by atoms with van der Waals surface area (Å²) in [5, 5.41) is 31.5. The molecular weight excluding hydrogens is 949 g/mol. The van der Waals surface area contributed by atoms with Gasteiger partial charge in [0.2, 0.25) is 0 Å². The average molecular weight is 1060 g/mol. The monoisotopic (exact) mass is 1060 g/mol. The van der Waals surface area contributed by atoms with E-state index in [0.29, 0.717) is 19.3 Å². The van der Waals surface area contributed by atoms with Gasteiger partial charge in [-0.3, -0.25) is 14.4 Å². The van der Waals surface area contributed by atoms with Crippen molar-refractivity contribution in [2.45, 2.75) is 302 Å². The van der Waals surface area contributed by atoms with Crippen LogP contribution in [0.25, 0.3) is 0 Å². The first-order chi connectivity index (χ1) is 36.6. The van der Waals surface area contributed by atoms with Crippen LogP contribution in [0.2, 0.25) is 0 Å². The van der Waals surface area contributed by atoms with Crippen molar-refractivity contribution in [3.63, 3.8) is 0 Å². The summed E-state index contributed by atoms with van der Waals surface area (Å²) in [7, 11) is 0. The zero-order chi connectivity index (χ0) is 54.7. The molecule has 0 bridgehead atoms. The van der Waals surface area contributed by atoms with Gasteiger partial charge in [0.05, 0.1) is 6.61 Å². The van der Waals surface area contributed by atoms with Gasteiger partial charge in [-0.1, -0.05) is 223 Å². The lowest BCUT2D eigenvalue weighted by atomic mass is 9.98. The summed E-state index contributed by atoms with van der Waals surface area (Å²) in [4.78, 5) is 51.1. The molecule has 0 aromatic heterocycles. The molecule has 1 aliphatic heterocycles. The Morgan fingerprint density at radius 3 is 1.29 bits per heavy atom. The van der Waals surface area contributed by atoms with Crippen LogP contribution >= 0.6 is 0 Å². The molecule has 0 radical (unpaired) electrons. The maximum absolute atomic E-state index is 13.2. The van der Waals surface area contributed by atoms with Gasteiger partial charge < -0.3 is 39.0 Å². The smallest absolute Gasteiger partial charge is 0.335 e. The molecule has 0 spiro atoms. The molecule has 0 aliphatic carbocycles. The Morgan fingerprint density at radius 2 is 0.840 bits per heavy atom. The molecule has 0 aromatic carbocycles. The van der Waals surface area contributed by atoms with E-state index in [1.165, 1.54) is 96.3 Å². The molecule has 1 aliphatic rings. The Morgan fingerprint density at radius 1 is 0.453 bits per heavy atom. The van der Waals surface area contributed by atoms with Crippen molar-refractivity contribution in [2.75, 3.05) is 13.2 Å². The molecule has 1 saturated heterocycles. The van der Waals surface area contributed by atoms with Gasteiger partial charge in [0, 0.05) is 19.3 Å². The van der Waals surface area contributed by atoms with Crippen molar-refractivity contribution in [1.29, 1.82) is 0 Å². The lowest BCUT2D eigenvalue weighted by Gasteiger charge is -2.40. The summed E-state index contributed by atoms with van der Waals surface area (Å²) in [5.74, 6) is -3.14. The molecule has 0 aromatic rings. The number of aliphatic hydroxyl groups excluding tert-OH is 2. The number of aliphatic hydroxyl groups is 2. The van der Waals surface area contributed by atoms with Crippen LogP contribution in [0, 0.1) is 0 Å². The number of unbranched alkanes of at least 4 members (excludes halogenated alkanes) is 27. The van der Waals surface area contributed by atoms with E-state index in [1.54, 1.807) is 0 Å². The quantitative estimate of drug-likeness (QED) is 0.0228. The summed E-state index contributed by atoms with van der Waals surface area (Å²) in [5.41, 5.74) is 0. The minimum Gasteiger partial charge on any atom is -0.479 e. The van der Waals surface area contributed by atoms with Crippen molar-refractivity contribution < 1.29 is 58.2 Å². The summed E-state index contributed by atoms with van der Waals surface area (Å²) < 4.78 is 28.4. The Labute approximate surface area is 456 Å². The first kappa shape index (κ1) is 69.4. The van der Waals surface area contributed by atoms with Gasteiger partial charge in [0.15, 0.2) is 24.6 Å². The molecular formula is C63H108O12. The number of rotatable bonds is 51. The second-order valence-corrected chi connectivity index (χ2v) is 20.6. The SMILES string of the molecule is CC/C=C\C/C=C\C/C=C\C/C=C\CCCCCCC(=O)OCC(COC1OC(C(=O)O)C(O)C(O)C1OC(=O)CCCCCCCCCCCCC)OC(=O)CCCCCCCCC/C=C\CCCCCCCC. The Hall–Kier alpha value is -3.58. The zero-order valence-electron chi connectivity index (χ0n) is 47.5. The largest absolute Gasteiger partial charge is 0.479 e. The van der Waals surface area contributed by atoms with Crippen LogP contribution in [-0.4, -0.2) is 89.2 Å². The van der Waals surface area contributed by atoms with Crippen LogP contribution in [0.3, 0.4) is 0 Å². The summed E-state index contributed by atoms with van der Waals surface area (Å²) in [6, 6.07) is 0. The Kier molecular flexibility index (Phi) is 47.4. The molecule has 0 amide bonds. The van der Waals surface area contributed by atoms with Crippen molar-refractivity contribution in [1.82, 2.24) is 0 Å². The van der Waals surface area contributed by atoms with Crippen molar-refractivity contribution in [3.05, 3.63) is 60.8 Å². The fourth-order valence-electron chi connectivity index (χ4n) is 8.94. The maximum Gasteiger partial charge on any atom is 0.335 e. The predicted molar refractivity (Wildman–Crippen MR) is 303 cm³/mol. The molecule has 3 N–H and O–H groups in total. The van der Waals surface area contributed by atoms with E-state index >= 15 is 0 Å². The number of allylic oxidation sites excluding steroid dienone is 10. The molecule has 75 heavy (non-hydrogen) atoms. The molecule has 6 unspecified atom stereocenters. The normalized spacial score (nSPS) is 18.5. The molecule has 1 heterocycles. The van der Waals surface area contributed by atoms with E-state index in [2.05, 4.69) is 81.5 Å². The first-order valence-corrected chi connectivity index (χ1v) is 30.3. The standard InChI is InChI=1S/C63H108O12/c1-4-7-10-13-16-19-22-24-26-28-30-32-35-37-40-43-46-49-55(64)71-52-54(73-56(65)50-47-44-41-39-36-33-31-29-27-25-23-20-17-14-11-8-5-2)53-72-63-61(59(68)58(67)60(75-63)62(69)70)74-57(66)51-48-45-42-38-34-21-18-15-12-9-6-3/h7,10,16,19,24-27,30,32,54,58-61,63,67-68H,4-6,8-9,11-15,17-18,20-23,28-29,31,33-53H2,1-3H3,(H,69,70)/b10-7-,19-16-,26-24-,27-25-,32-30-. The highest BCUT2D eigenvalue weighted by Crippen LogP contribution is 2.26. The number of ether oxygens (including phenoxy) is 5. The van der Waals surface area contributed by atoms with E-state index in [1.807, 2.05) is 0 Å². The molecule has 6 atom stereocenters. The third-order valence-corrected chi connectivity index (χ3v) is 13.6. The van der Waals surface area contributed by atoms with Crippen molar-refractivity contribution in [3.8, 4) is 0 Å². The number of hydrogen-bond donors (Lipinski definition) is 3. The highest BCUT2D eigenvalue weighted by Gasteiger charge is 2.50. The summed E-state index contributed by atoms with van der Waals surface area (Å²) >= 11 is 0. The van der Waals surface area contributed by atoms with Gasteiger partial charge in [-0.15, -0.1) is 0 Å². The Bertz CT molecular complexity index is 1540. The minimum absolute atomic E-state index is 0.0594. The molecule has 1 rings (SSSR count). The average Bonchev–Trinajstić information content (AvgIpc) is 3.39. The predicted octanol–water partition coefficient (Wildman–Crippen LogP) is 15.6. The molecule has 432 valence electrons. The lowest BCUT2D eigenvalue weighted by Crippen LogP contribution is -2.61. The van der Waals surface area contributed by atoms with Crippen LogP contribution in [0.4, 0.5) is 0 Å². The van der Waals surface area contributed by atoms with Gasteiger partial charge in [-0.2, -0.15) is 0 Å². The van der Waals surface area contributed by atoms with Gasteiger partial charge in [-0.05, 0) is 83.5 Å². The fourth-order valence-corrected chi connectivity index (χ4v) is 8.94. The van der Waals surface area contributed by atoms with Crippen LogP contribution in [0.5, 0.6) is 0 Å². The van der Waals surface area contributed by atoms with E-state index in [-0.39, 0.29) is 25.9 Å². The second-order valence-electron chi connectivity index (χ2n) is 20.6. The number of esters is 3. The highest BCUT2D eigenvalue weighted by atomic mass is 16.7. The first-order valence-electron chi connectivity index (χ1n) is 30.3. The fraction of sp³-hybridized carbons (Fsp3) is 0.778. The number of hydrogen-bond acceptors (Lipinski definition) is 11. The van der Waals surface area contributed by atoms with Gasteiger partial charge in [0.1, 0.15) is 18.8 Å². The number of carbonyl (C=O) groups excluding carboxylic acids is 3. The minimum atomic E-state index is -1.90. The van der Waals surface area contributed by atoms with Gasteiger partial charge in [-0.25, -0.2) is 4.79 Å². The number of carboxylic acid groups (broad SMARTS) is 1. The molecule has 0 saturated carbocycles. The molecule has 1 fully saturated rings. The van der Waals surface area contributed by atoms with E-state index < -0.39 is 67.3 Å². The number of carbonyl (C=O) groups is 4. The van der Waals surface area contributed by atoms with E-state index in [4.69, 9.17) is 23.7 Å². The van der Waals surface area contributed by atoms with Gasteiger partial charge in [0.25, 0.3) is 0 Å². The number of carboxylic acids is 1. The highest BCUT2D eigenvalue weighted by molar-refractivity contribution is 5.74. The summed E-state index contributed by atoms with van der Waals surface area (Å²) in [6.45, 7) is 5.85. The third kappa shape index (κ3) is 41.2. The second kappa shape index (κ2) is 51.2. The number of aliphatic carboxylic acids is 1. The topological polar surface area (TPSA) is 175 Å². The van der Waals surface area contributed by atoms with Crippen molar-refractivity contribution in [2.24, 2.45) is 0 Å². The maximum atomic E-state index is 13.2. The van der Waals surface area contributed by atoms with Crippen LogP contribution in [0.15, 0.2) is 60.8 Å². The van der Waals surface area contributed by atoms with Crippen LogP contribution in [0.1, 0.15) is 265 Å². The van der Waals surface area contributed by atoms with Crippen LogP contribution < -0.4 is 0 Å².